The summed E-state index contributed by atoms with van der Waals surface area (Å²) in [5, 5.41) is 4.51. The molecule has 2 atom stereocenters. The zero-order valence-electron chi connectivity index (χ0n) is 11.6. The molecule has 3 rings (SSSR count). The molecule has 2 aliphatic rings. The van der Waals surface area contributed by atoms with Gasteiger partial charge in [-0.3, -0.25) is 4.79 Å². The number of likely N-dealkylation sites (tertiary alicyclic amines) is 1. The summed E-state index contributed by atoms with van der Waals surface area (Å²) < 4.78 is 0. The van der Waals surface area contributed by atoms with Crippen LogP contribution in [0.1, 0.15) is 49.0 Å². The topological polar surface area (TPSA) is 45.2 Å². The normalized spacial score (nSPS) is 25.1. The van der Waals surface area contributed by atoms with Gasteiger partial charge in [-0.25, -0.2) is 4.98 Å². The minimum absolute atomic E-state index is 0.0422. The van der Waals surface area contributed by atoms with Crippen LogP contribution in [0.25, 0.3) is 0 Å². The summed E-state index contributed by atoms with van der Waals surface area (Å²) in [6.45, 7) is 5.08. The lowest BCUT2D eigenvalue weighted by Crippen LogP contribution is -2.40. The first-order valence-corrected chi connectivity index (χ1v) is 8.01. The van der Waals surface area contributed by atoms with Crippen LogP contribution in [0.15, 0.2) is 6.20 Å². The Balaban J connectivity index is 1.66. The van der Waals surface area contributed by atoms with Crippen molar-refractivity contribution in [2.75, 3.05) is 6.54 Å². The highest BCUT2D eigenvalue weighted by Crippen LogP contribution is 2.30. The van der Waals surface area contributed by atoms with Crippen molar-refractivity contribution in [1.29, 1.82) is 0 Å². The first-order chi connectivity index (χ1) is 9.19. The van der Waals surface area contributed by atoms with Crippen LogP contribution in [-0.2, 0) is 11.2 Å². The number of carbonyl (C=O) groups is 1. The Morgan fingerprint density at radius 2 is 2.32 bits per heavy atom. The Morgan fingerprint density at radius 1 is 1.53 bits per heavy atom. The predicted molar refractivity (Wildman–Crippen MR) is 76.2 cm³/mol. The molecule has 1 aliphatic heterocycles. The lowest BCUT2D eigenvalue weighted by molar-refractivity contribution is -0.131. The highest BCUT2D eigenvalue weighted by Gasteiger charge is 2.38. The molecule has 19 heavy (non-hydrogen) atoms. The third kappa shape index (κ3) is 2.67. The number of aryl methyl sites for hydroxylation is 1. The minimum atomic E-state index is 0.0422. The zero-order valence-corrected chi connectivity index (χ0v) is 12.4. The summed E-state index contributed by atoms with van der Waals surface area (Å²) in [5.74, 6) is 0.257. The van der Waals surface area contributed by atoms with Gasteiger partial charge in [-0.1, -0.05) is 6.92 Å². The van der Waals surface area contributed by atoms with Gasteiger partial charge in [0, 0.05) is 23.7 Å². The largest absolute Gasteiger partial charge is 0.332 e. The Hall–Kier alpha value is -0.940. The Morgan fingerprint density at radius 3 is 2.95 bits per heavy atom. The number of nitrogens with zero attached hydrogens (tertiary/aromatic N) is 2. The molecule has 1 aliphatic carbocycles. The summed E-state index contributed by atoms with van der Waals surface area (Å²) in [4.78, 5) is 20.1. The molecule has 1 aromatic rings. The number of aromatic nitrogens is 1. The van der Waals surface area contributed by atoms with Crippen LogP contribution in [0.2, 0.25) is 0 Å². The van der Waals surface area contributed by atoms with Gasteiger partial charge in [0.25, 0.3) is 0 Å². The summed E-state index contributed by atoms with van der Waals surface area (Å²) in [5.41, 5.74) is 0. The van der Waals surface area contributed by atoms with E-state index in [1.807, 2.05) is 11.1 Å². The first-order valence-electron chi connectivity index (χ1n) is 7.20. The summed E-state index contributed by atoms with van der Waals surface area (Å²) in [7, 11) is 0. The maximum Gasteiger partial charge on any atom is 0.240 e. The number of rotatable bonds is 5. The smallest absolute Gasteiger partial charge is 0.240 e. The fourth-order valence-corrected chi connectivity index (χ4v) is 3.51. The number of carbonyl (C=O) groups excluding carboxylic acids is 1. The summed E-state index contributed by atoms with van der Waals surface area (Å²) >= 11 is 1.73. The first kappa shape index (κ1) is 13.1. The molecule has 1 saturated heterocycles. The van der Waals surface area contributed by atoms with Crippen LogP contribution >= 0.6 is 11.3 Å². The second kappa shape index (κ2) is 5.21. The van der Waals surface area contributed by atoms with Gasteiger partial charge in [-0.05, 0) is 32.6 Å². The van der Waals surface area contributed by atoms with E-state index >= 15 is 0 Å². The molecule has 2 heterocycles. The van der Waals surface area contributed by atoms with Crippen molar-refractivity contribution in [1.82, 2.24) is 15.2 Å². The number of hydrogen-bond donors (Lipinski definition) is 1. The molecule has 0 bridgehead atoms. The maximum absolute atomic E-state index is 12.4. The van der Waals surface area contributed by atoms with Crippen molar-refractivity contribution in [3.63, 3.8) is 0 Å². The molecule has 1 N–H and O–H groups in total. The molecule has 0 radical (unpaired) electrons. The second-order valence-corrected chi connectivity index (χ2v) is 6.65. The van der Waals surface area contributed by atoms with Crippen LogP contribution in [-0.4, -0.2) is 34.4 Å². The lowest BCUT2D eigenvalue weighted by Gasteiger charge is -2.23. The van der Waals surface area contributed by atoms with Crippen molar-refractivity contribution in [3.8, 4) is 0 Å². The van der Waals surface area contributed by atoms with Gasteiger partial charge in [-0.15, -0.1) is 11.3 Å². The van der Waals surface area contributed by atoms with Crippen molar-refractivity contribution in [3.05, 3.63) is 16.1 Å². The average molecular weight is 279 g/mol. The van der Waals surface area contributed by atoms with Crippen LogP contribution in [0.4, 0.5) is 0 Å². The number of amides is 1. The van der Waals surface area contributed by atoms with Gasteiger partial charge in [-0.2, -0.15) is 0 Å². The number of thiazole rings is 1. The Kier molecular flexibility index (Phi) is 3.58. The standard InChI is InChI=1S/C14H21N3OS/c1-3-11-8-15-13(19-11)9(2)17-7-6-12(14(17)18)16-10-4-5-10/h8-10,12,16H,3-7H2,1-2H3. The summed E-state index contributed by atoms with van der Waals surface area (Å²) in [6, 6.07) is 0.750. The van der Waals surface area contributed by atoms with Crippen molar-refractivity contribution >= 4 is 17.2 Å². The lowest BCUT2D eigenvalue weighted by atomic mass is 10.2. The molecule has 1 amide bonds. The van der Waals surface area contributed by atoms with E-state index < -0.39 is 0 Å². The minimum Gasteiger partial charge on any atom is -0.332 e. The van der Waals surface area contributed by atoms with E-state index in [1.165, 1.54) is 17.7 Å². The van der Waals surface area contributed by atoms with Crippen molar-refractivity contribution < 1.29 is 4.79 Å². The van der Waals surface area contributed by atoms with Crippen molar-refractivity contribution in [2.45, 2.75) is 57.7 Å². The fourth-order valence-electron chi connectivity index (χ4n) is 2.59. The highest BCUT2D eigenvalue weighted by atomic mass is 32.1. The number of nitrogens with one attached hydrogen (secondary N) is 1. The molecule has 5 heteroatoms. The van der Waals surface area contributed by atoms with E-state index in [2.05, 4.69) is 24.1 Å². The predicted octanol–water partition coefficient (Wildman–Crippen LogP) is 2.12. The monoisotopic (exact) mass is 279 g/mol. The zero-order chi connectivity index (χ0) is 13.4. The van der Waals surface area contributed by atoms with Gasteiger partial charge in [0.05, 0.1) is 12.1 Å². The molecule has 0 aromatic carbocycles. The molecule has 4 nitrogen and oxygen atoms in total. The van der Waals surface area contributed by atoms with E-state index in [9.17, 15) is 4.79 Å². The molecule has 1 saturated carbocycles. The highest BCUT2D eigenvalue weighted by molar-refractivity contribution is 7.11. The van der Waals surface area contributed by atoms with Crippen LogP contribution in [0.5, 0.6) is 0 Å². The van der Waals surface area contributed by atoms with Gasteiger partial charge < -0.3 is 10.2 Å². The molecule has 0 spiro atoms. The van der Waals surface area contributed by atoms with Crippen molar-refractivity contribution in [2.24, 2.45) is 0 Å². The molecule has 1 aromatic heterocycles. The van der Waals surface area contributed by atoms with E-state index in [4.69, 9.17) is 0 Å². The quantitative estimate of drug-likeness (QED) is 0.898. The Bertz CT molecular complexity index is 469. The van der Waals surface area contributed by atoms with Crippen LogP contribution in [0, 0.1) is 0 Å². The third-order valence-corrected chi connectivity index (χ3v) is 5.31. The molecular formula is C14H21N3OS. The van der Waals surface area contributed by atoms with Crippen LogP contribution < -0.4 is 5.32 Å². The van der Waals surface area contributed by atoms with Crippen LogP contribution in [0.3, 0.4) is 0 Å². The maximum atomic E-state index is 12.4. The van der Waals surface area contributed by atoms with E-state index in [-0.39, 0.29) is 18.0 Å². The van der Waals surface area contributed by atoms with Gasteiger partial charge in [0.15, 0.2) is 0 Å². The van der Waals surface area contributed by atoms with Gasteiger partial charge in [0.2, 0.25) is 5.91 Å². The average Bonchev–Trinajstić information content (AvgIpc) is 2.98. The second-order valence-electron chi connectivity index (χ2n) is 5.51. The molecule has 2 unspecified atom stereocenters. The molecule has 2 fully saturated rings. The van der Waals surface area contributed by atoms with Gasteiger partial charge in [0.1, 0.15) is 5.01 Å². The number of hydrogen-bond acceptors (Lipinski definition) is 4. The fraction of sp³-hybridized carbons (Fsp3) is 0.714. The summed E-state index contributed by atoms with van der Waals surface area (Å²) in [6.07, 6.45) is 6.35. The SMILES string of the molecule is CCc1cnc(C(C)N2CCC(NC3CC3)C2=O)s1. The molecule has 104 valence electrons. The third-order valence-electron chi connectivity index (χ3n) is 4.00. The van der Waals surface area contributed by atoms with E-state index in [1.54, 1.807) is 11.3 Å². The van der Waals surface area contributed by atoms with E-state index in [0.717, 1.165) is 24.4 Å². The van der Waals surface area contributed by atoms with E-state index in [0.29, 0.717) is 6.04 Å². The Labute approximate surface area is 118 Å². The molecular weight excluding hydrogens is 258 g/mol. The van der Waals surface area contributed by atoms with Gasteiger partial charge >= 0.3 is 0 Å².